The molecule has 0 aliphatic carbocycles. The van der Waals surface area contributed by atoms with Gasteiger partial charge in [0.1, 0.15) is 0 Å². The van der Waals surface area contributed by atoms with Gasteiger partial charge >= 0.3 is 0 Å². The minimum atomic E-state index is 0.445. The number of halogens is 1. The SMILES string of the molecule is CCC(NCCCCn1ccnc1)c1cccc(Br)c1. The van der Waals surface area contributed by atoms with Crippen molar-refractivity contribution in [3.05, 3.63) is 53.0 Å². The van der Waals surface area contributed by atoms with Gasteiger partial charge in [-0.15, -0.1) is 0 Å². The van der Waals surface area contributed by atoms with Crippen LogP contribution >= 0.6 is 15.9 Å². The molecule has 1 N–H and O–H groups in total. The number of aryl methyl sites for hydroxylation is 1. The Morgan fingerprint density at radius 1 is 1.35 bits per heavy atom. The zero-order chi connectivity index (χ0) is 14.2. The van der Waals surface area contributed by atoms with E-state index in [4.69, 9.17) is 0 Å². The van der Waals surface area contributed by atoms with E-state index in [2.05, 4.69) is 62.0 Å². The number of imidazole rings is 1. The van der Waals surface area contributed by atoms with E-state index in [1.165, 1.54) is 18.4 Å². The van der Waals surface area contributed by atoms with Crippen molar-refractivity contribution in [2.24, 2.45) is 0 Å². The third kappa shape index (κ3) is 4.76. The second-order valence-corrected chi connectivity index (χ2v) is 5.89. The van der Waals surface area contributed by atoms with Crippen molar-refractivity contribution < 1.29 is 0 Å². The fourth-order valence-corrected chi connectivity index (χ4v) is 2.75. The van der Waals surface area contributed by atoms with Gasteiger partial charge in [0, 0.05) is 29.5 Å². The van der Waals surface area contributed by atoms with E-state index in [1.807, 2.05) is 18.7 Å². The zero-order valence-corrected chi connectivity index (χ0v) is 13.5. The molecule has 0 radical (unpaired) electrons. The molecule has 2 aromatic rings. The highest BCUT2D eigenvalue weighted by Crippen LogP contribution is 2.20. The van der Waals surface area contributed by atoms with Crippen LogP contribution in [0, 0.1) is 0 Å². The van der Waals surface area contributed by atoms with Gasteiger partial charge < -0.3 is 9.88 Å². The Bertz CT molecular complexity index is 496. The van der Waals surface area contributed by atoms with Crippen molar-refractivity contribution in [3.8, 4) is 0 Å². The lowest BCUT2D eigenvalue weighted by atomic mass is 10.0. The number of aromatic nitrogens is 2. The first-order valence-electron chi connectivity index (χ1n) is 7.24. The van der Waals surface area contributed by atoms with Gasteiger partial charge in [-0.05, 0) is 43.5 Å². The van der Waals surface area contributed by atoms with Gasteiger partial charge in [0.25, 0.3) is 0 Å². The normalized spacial score (nSPS) is 12.5. The minimum Gasteiger partial charge on any atom is -0.337 e. The van der Waals surface area contributed by atoms with E-state index >= 15 is 0 Å². The maximum Gasteiger partial charge on any atom is 0.0945 e. The first-order valence-corrected chi connectivity index (χ1v) is 8.03. The third-order valence-corrected chi connectivity index (χ3v) is 3.95. The summed E-state index contributed by atoms with van der Waals surface area (Å²) in [7, 11) is 0. The van der Waals surface area contributed by atoms with Crippen LogP contribution in [0.15, 0.2) is 47.5 Å². The molecule has 0 saturated heterocycles. The van der Waals surface area contributed by atoms with Gasteiger partial charge in [-0.2, -0.15) is 0 Å². The summed E-state index contributed by atoms with van der Waals surface area (Å²) in [6.45, 7) is 4.33. The second kappa shape index (κ2) is 8.22. The number of nitrogens with zero attached hydrogens (tertiary/aromatic N) is 2. The highest BCUT2D eigenvalue weighted by molar-refractivity contribution is 9.10. The summed E-state index contributed by atoms with van der Waals surface area (Å²) in [5.74, 6) is 0. The molecule has 0 saturated carbocycles. The fourth-order valence-electron chi connectivity index (χ4n) is 2.34. The molecule has 20 heavy (non-hydrogen) atoms. The molecule has 2 rings (SSSR count). The number of rotatable bonds is 8. The average molecular weight is 336 g/mol. The van der Waals surface area contributed by atoms with Crippen LogP contribution in [0.4, 0.5) is 0 Å². The van der Waals surface area contributed by atoms with Crippen molar-refractivity contribution in [1.29, 1.82) is 0 Å². The third-order valence-electron chi connectivity index (χ3n) is 3.45. The predicted octanol–water partition coefficient (Wildman–Crippen LogP) is 4.17. The molecule has 0 aliphatic heterocycles. The molecule has 4 heteroatoms. The van der Waals surface area contributed by atoms with E-state index in [1.54, 1.807) is 0 Å². The molecule has 1 heterocycles. The topological polar surface area (TPSA) is 29.9 Å². The maximum absolute atomic E-state index is 4.05. The Labute approximate surface area is 129 Å². The molecule has 0 bridgehead atoms. The summed E-state index contributed by atoms with van der Waals surface area (Å²) < 4.78 is 3.28. The smallest absolute Gasteiger partial charge is 0.0945 e. The van der Waals surface area contributed by atoms with E-state index in [0.717, 1.165) is 24.0 Å². The summed E-state index contributed by atoms with van der Waals surface area (Å²) in [5, 5.41) is 3.65. The highest BCUT2D eigenvalue weighted by Gasteiger charge is 2.08. The van der Waals surface area contributed by atoms with Crippen molar-refractivity contribution in [3.63, 3.8) is 0 Å². The highest BCUT2D eigenvalue weighted by atomic mass is 79.9. The van der Waals surface area contributed by atoms with Crippen molar-refractivity contribution in [2.45, 2.75) is 38.8 Å². The van der Waals surface area contributed by atoms with Crippen molar-refractivity contribution >= 4 is 15.9 Å². The second-order valence-electron chi connectivity index (χ2n) is 4.98. The van der Waals surface area contributed by atoms with Crippen LogP contribution in [0.1, 0.15) is 37.8 Å². The van der Waals surface area contributed by atoms with Gasteiger partial charge in [0.05, 0.1) is 6.33 Å². The molecule has 0 spiro atoms. The van der Waals surface area contributed by atoms with Gasteiger partial charge in [-0.3, -0.25) is 0 Å². The van der Waals surface area contributed by atoms with Gasteiger partial charge in [-0.25, -0.2) is 4.98 Å². The summed E-state index contributed by atoms with van der Waals surface area (Å²) in [5.41, 5.74) is 1.36. The summed E-state index contributed by atoms with van der Waals surface area (Å²) in [6, 6.07) is 9.01. The molecule has 1 atom stereocenters. The number of benzene rings is 1. The first kappa shape index (κ1) is 15.3. The van der Waals surface area contributed by atoms with Gasteiger partial charge in [0.2, 0.25) is 0 Å². The van der Waals surface area contributed by atoms with E-state index < -0.39 is 0 Å². The first-order chi connectivity index (χ1) is 9.79. The lowest BCUT2D eigenvalue weighted by molar-refractivity contribution is 0.490. The van der Waals surface area contributed by atoms with Crippen LogP contribution in [0.2, 0.25) is 0 Å². The van der Waals surface area contributed by atoms with Crippen molar-refractivity contribution in [1.82, 2.24) is 14.9 Å². The molecular formula is C16H22BrN3. The van der Waals surface area contributed by atoms with Crippen LogP contribution < -0.4 is 5.32 Å². The van der Waals surface area contributed by atoms with Crippen LogP contribution in [-0.2, 0) is 6.54 Å². The van der Waals surface area contributed by atoms with E-state index in [0.29, 0.717) is 6.04 Å². The minimum absolute atomic E-state index is 0.445. The number of nitrogens with one attached hydrogen (secondary N) is 1. The summed E-state index contributed by atoms with van der Waals surface area (Å²) >= 11 is 3.54. The Hall–Kier alpha value is -1.13. The van der Waals surface area contributed by atoms with Crippen LogP contribution in [0.5, 0.6) is 0 Å². The lowest BCUT2D eigenvalue weighted by Crippen LogP contribution is -2.22. The van der Waals surface area contributed by atoms with Crippen LogP contribution in [0.25, 0.3) is 0 Å². The Balaban J connectivity index is 1.71. The quantitative estimate of drug-likeness (QED) is 0.734. The monoisotopic (exact) mass is 335 g/mol. The molecule has 1 unspecified atom stereocenters. The standard InChI is InChI=1S/C16H22BrN3/c1-2-16(14-6-5-7-15(17)12-14)19-8-3-4-10-20-11-9-18-13-20/h5-7,9,11-13,16,19H,2-4,8,10H2,1H3. The fraction of sp³-hybridized carbons (Fsp3) is 0.438. The van der Waals surface area contributed by atoms with E-state index in [-0.39, 0.29) is 0 Å². The van der Waals surface area contributed by atoms with Crippen LogP contribution in [-0.4, -0.2) is 16.1 Å². The van der Waals surface area contributed by atoms with Crippen molar-refractivity contribution in [2.75, 3.05) is 6.54 Å². The largest absolute Gasteiger partial charge is 0.337 e. The molecular weight excluding hydrogens is 314 g/mol. The molecule has 3 nitrogen and oxygen atoms in total. The molecule has 0 aliphatic rings. The number of unbranched alkanes of at least 4 members (excludes halogenated alkanes) is 1. The maximum atomic E-state index is 4.05. The molecule has 0 amide bonds. The van der Waals surface area contributed by atoms with Gasteiger partial charge in [-0.1, -0.05) is 35.0 Å². The Morgan fingerprint density at radius 2 is 2.25 bits per heavy atom. The zero-order valence-electron chi connectivity index (χ0n) is 11.9. The predicted molar refractivity (Wildman–Crippen MR) is 86.6 cm³/mol. The number of hydrogen-bond donors (Lipinski definition) is 1. The average Bonchev–Trinajstić information content (AvgIpc) is 2.96. The van der Waals surface area contributed by atoms with Crippen LogP contribution in [0.3, 0.4) is 0 Å². The molecule has 1 aromatic carbocycles. The summed E-state index contributed by atoms with van der Waals surface area (Å²) in [4.78, 5) is 4.05. The number of hydrogen-bond acceptors (Lipinski definition) is 2. The molecule has 108 valence electrons. The lowest BCUT2D eigenvalue weighted by Gasteiger charge is -2.17. The molecule has 0 fully saturated rings. The van der Waals surface area contributed by atoms with E-state index in [9.17, 15) is 0 Å². The molecule has 1 aromatic heterocycles. The Kier molecular flexibility index (Phi) is 6.27. The summed E-state index contributed by atoms with van der Waals surface area (Å²) in [6.07, 6.45) is 9.20. The Morgan fingerprint density at radius 3 is 2.95 bits per heavy atom. The van der Waals surface area contributed by atoms with Gasteiger partial charge in [0.15, 0.2) is 0 Å².